The van der Waals surface area contributed by atoms with Gasteiger partial charge in [-0.3, -0.25) is 0 Å². The predicted octanol–water partition coefficient (Wildman–Crippen LogP) is 2.54. The van der Waals surface area contributed by atoms with E-state index in [9.17, 15) is 13.9 Å². The molecule has 2 atom stereocenters. The second kappa shape index (κ2) is 4.02. The third-order valence-corrected chi connectivity index (χ3v) is 3.40. The van der Waals surface area contributed by atoms with Crippen molar-refractivity contribution in [2.45, 2.75) is 43.2 Å². The molecule has 84 valence electrons. The van der Waals surface area contributed by atoms with Gasteiger partial charge < -0.3 is 9.84 Å². The van der Waals surface area contributed by atoms with E-state index in [2.05, 4.69) is 15.9 Å². The fourth-order valence-corrected chi connectivity index (χ4v) is 1.92. The molecule has 1 aliphatic rings. The largest absolute Gasteiger partial charge is 0.382 e. The van der Waals surface area contributed by atoms with Crippen molar-refractivity contribution in [3.63, 3.8) is 0 Å². The summed E-state index contributed by atoms with van der Waals surface area (Å²) in [5, 5.41) is 9.75. The molecule has 0 bridgehead atoms. The fourth-order valence-electron chi connectivity index (χ4n) is 1.56. The molecule has 1 N–H and O–H groups in total. The molecular weight excluding hydrogens is 258 g/mol. The van der Waals surface area contributed by atoms with Gasteiger partial charge in [-0.15, -0.1) is 0 Å². The van der Waals surface area contributed by atoms with Crippen LogP contribution in [-0.2, 0) is 4.74 Å². The van der Waals surface area contributed by atoms with E-state index < -0.39 is 10.4 Å². The van der Waals surface area contributed by atoms with Crippen LogP contribution in [0.5, 0.6) is 0 Å². The minimum atomic E-state index is -3.24. The van der Waals surface area contributed by atoms with E-state index >= 15 is 0 Å². The Labute approximate surface area is 90.8 Å². The normalized spacial score (nSPS) is 34.9. The minimum absolute atomic E-state index is 0.0249. The van der Waals surface area contributed by atoms with E-state index in [0.29, 0.717) is 0 Å². The predicted molar refractivity (Wildman–Crippen MR) is 52.6 cm³/mol. The zero-order chi connectivity index (χ0) is 11.0. The monoisotopic (exact) mass is 272 g/mol. The van der Waals surface area contributed by atoms with Crippen molar-refractivity contribution in [3.8, 4) is 0 Å². The number of alkyl halides is 3. The summed E-state index contributed by atoms with van der Waals surface area (Å²) in [7, 11) is 0. The van der Waals surface area contributed by atoms with Gasteiger partial charge in [0.15, 0.2) is 0 Å². The Balaban J connectivity index is 2.72. The average Bonchev–Trinajstić information content (AvgIpc) is 2.02. The number of halogens is 3. The van der Waals surface area contributed by atoms with Gasteiger partial charge in [-0.2, -0.15) is 8.78 Å². The third kappa shape index (κ3) is 2.44. The molecule has 0 saturated carbocycles. The van der Waals surface area contributed by atoms with Gasteiger partial charge in [-0.05, 0) is 21.8 Å². The van der Waals surface area contributed by atoms with Crippen molar-refractivity contribution < 1.29 is 18.6 Å². The SMILES string of the molecule is CC(C)C1CC(O)(C(F)(F)Br)CCO1. The summed E-state index contributed by atoms with van der Waals surface area (Å²) < 4.78 is 31.4. The first-order valence-electron chi connectivity index (χ1n) is 4.67. The highest BCUT2D eigenvalue weighted by atomic mass is 79.9. The molecule has 0 aliphatic carbocycles. The number of ether oxygens (including phenoxy) is 1. The van der Waals surface area contributed by atoms with Crippen LogP contribution in [0.4, 0.5) is 8.78 Å². The van der Waals surface area contributed by atoms with Crippen molar-refractivity contribution in [2.75, 3.05) is 6.61 Å². The van der Waals surface area contributed by atoms with E-state index in [1.54, 1.807) is 0 Å². The summed E-state index contributed by atoms with van der Waals surface area (Å²) >= 11 is 2.23. The van der Waals surface area contributed by atoms with Crippen LogP contribution in [0.15, 0.2) is 0 Å². The molecule has 0 amide bonds. The van der Waals surface area contributed by atoms with Gasteiger partial charge in [0.05, 0.1) is 6.10 Å². The molecule has 0 aromatic carbocycles. The molecule has 0 aromatic rings. The fraction of sp³-hybridized carbons (Fsp3) is 1.00. The molecule has 1 fully saturated rings. The lowest BCUT2D eigenvalue weighted by molar-refractivity contribution is -0.188. The highest BCUT2D eigenvalue weighted by Gasteiger charge is 2.53. The Morgan fingerprint density at radius 3 is 2.57 bits per heavy atom. The third-order valence-electron chi connectivity index (χ3n) is 2.66. The summed E-state index contributed by atoms with van der Waals surface area (Å²) in [5.74, 6) is 0.136. The van der Waals surface area contributed by atoms with Crippen molar-refractivity contribution in [1.82, 2.24) is 0 Å². The molecule has 1 saturated heterocycles. The van der Waals surface area contributed by atoms with Crippen molar-refractivity contribution in [1.29, 1.82) is 0 Å². The molecule has 1 rings (SSSR count). The molecule has 0 spiro atoms. The smallest absolute Gasteiger partial charge is 0.329 e. The molecule has 2 nitrogen and oxygen atoms in total. The number of hydrogen-bond acceptors (Lipinski definition) is 2. The maximum absolute atomic E-state index is 13.0. The number of rotatable bonds is 2. The molecule has 5 heteroatoms. The van der Waals surface area contributed by atoms with E-state index in [0.717, 1.165) is 0 Å². The van der Waals surface area contributed by atoms with Crippen molar-refractivity contribution >= 4 is 15.9 Å². The number of hydrogen-bond donors (Lipinski definition) is 1. The Hall–Kier alpha value is 0.260. The summed E-state index contributed by atoms with van der Waals surface area (Å²) in [4.78, 5) is -3.24. The van der Waals surface area contributed by atoms with Crippen LogP contribution in [0.2, 0.25) is 0 Å². The molecule has 14 heavy (non-hydrogen) atoms. The topological polar surface area (TPSA) is 29.5 Å². The maximum atomic E-state index is 13.0. The number of aliphatic hydroxyl groups is 1. The van der Waals surface area contributed by atoms with Crippen LogP contribution >= 0.6 is 15.9 Å². The van der Waals surface area contributed by atoms with E-state index in [1.165, 1.54) is 0 Å². The Morgan fingerprint density at radius 2 is 2.14 bits per heavy atom. The highest BCUT2D eigenvalue weighted by Crippen LogP contribution is 2.43. The summed E-state index contributed by atoms with van der Waals surface area (Å²) in [6, 6.07) is 0. The molecule has 1 heterocycles. The van der Waals surface area contributed by atoms with Crippen molar-refractivity contribution in [2.24, 2.45) is 5.92 Å². The molecule has 0 radical (unpaired) electrons. The van der Waals surface area contributed by atoms with Crippen LogP contribution in [0.1, 0.15) is 26.7 Å². The van der Waals surface area contributed by atoms with E-state index in [1.807, 2.05) is 13.8 Å². The highest BCUT2D eigenvalue weighted by molar-refractivity contribution is 9.10. The summed E-state index contributed by atoms with van der Waals surface area (Å²) in [6.45, 7) is 3.96. The zero-order valence-electron chi connectivity index (χ0n) is 8.27. The zero-order valence-corrected chi connectivity index (χ0v) is 9.85. The second-order valence-electron chi connectivity index (χ2n) is 4.14. The van der Waals surface area contributed by atoms with Crippen molar-refractivity contribution in [3.05, 3.63) is 0 Å². The van der Waals surface area contributed by atoms with Gasteiger partial charge in [0.25, 0.3) is 0 Å². The minimum Gasteiger partial charge on any atom is -0.382 e. The first-order chi connectivity index (χ1) is 6.26. The summed E-state index contributed by atoms with van der Waals surface area (Å²) in [5.41, 5.74) is -1.97. The first kappa shape index (κ1) is 12.3. The van der Waals surface area contributed by atoms with Crippen LogP contribution in [0.25, 0.3) is 0 Å². The van der Waals surface area contributed by atoms with Crippen LogP contribution in [-0.4, -0.2) is 28.3 Å². The Kier molecular flexibility index (Phi) is 3.54. The Morgan fingerprint density at radius 1 is 1.57 bits per heavy atom. The van der Waals surface area contributed by atoms with Crippen LogP contribution < -0.4 is 0 Å². The van der Waals surface area contributed by atoms with Crippen LogP contribution in [0.3, 0.4) is 0 Å². The first-order valence-corrected chi connectivity index (χ1v) is 5.46. The van der Waals surface area contributed by atoms with Gasteiger partial charge in [-0.1, -0.05) is 13.8 Å². The molecular formula is C9H15BrF2O2. The quantitative estimate of drug-likeness (QED) is 0.783. The van der Waals surface area contributed by atoms with Gasteiger partial charge in [0.2, 0.25) is 0 Å². The van der Waals surface area contributed by atoms with Gasteiger partial charge in [0.1, 0.15) is 5.60 Å². The van der Waals surface area contributed by atoms with E-state index in [-0.39, 0.29) is 31.5 Å². The lowest BCUT2D eigenvalue weighted by Gasteiger charge is -2.40. The van der Waals surface area contributed by atoms with E-state index in [4.69, 9.17) is 4.74 Å². The van der Waals surface area contributed by atoms with Gasteiger partial charge in [0, 0.05) is 19.4 Å². The standard InChI is InChI=1S/C9H15BrF2O2/c1-6(2)7-5-8(13,3-4-14-7)9(10,11)12/h6-7,13H,3-5H2,1-2H3. The second-order valence-corrected chi connectivity index (χ2v) is 5.13. The Bertz CT molecular complexity index is 205. The molecule has 0 aromatic heterocycles. The maximum Gasteiger partial charge on any atom is 0.329 e. The van der Waals surface area contributed by atoms with Gasteiger partial charge in [-0.25, -0.2) is 0 Å². The van der Waals surface area contributed by atoms with Crippen LogP contribution in [0, 0.1) is 5.92 Å². The van der Waals surface area contributed by atoms with Gasteiger partial charge >= 0.3 is 4.83 Å². The lowest BCUT2D eigenvalue weighted by atomic mass is 9.86. The lowest BCUT2D eigenvalue weighted by Crippen LogP contribution is -2.51. The molecule has 1 aliphatic heterocycles. The molecule has 2 unspecified atom stereocenters. The average molecular weight is 273 g/mol. The summed E-state index contributed by atoms with van der Waals surface area (Å²) in [6.07, 6.45) is -0.352.